The second kappa shape index (κ2) is 4.06. The predicted molar refractivity (Wildman–Crippen MR) is 42.3 cm³/mol. The standard InChI is InChI=1S/C8H10O5/c1-2-12-8(11)6-4-3-5(13-6)7(9)10/h3-4,8,11H,2H2,1H3,(H,9,10). The Morgan fingerprint density at radius 2 is 2.38 bits per heavy atom. The van der Waals surface area contributed by atoms with Gasteiger partial charge >= 0.3 is 5.97 Å². The molecule has 0 aromatic carbocycles. The summed E-state index contributed by atoms with van der Waals surface area (Å²) in [6, 6.07) is 2.63. The Kier molecular flexibility index (Phi) is 3.05. The molecule has 0 bridgehead atoms. The fraction of sp³-hybridized carbons (Fsp3) is 0.375. The monoisotopic (exact) mass is 186 g/mol. The summed E-state index contributed by atoms with van der Waals surface area (Å²) in [4.78, 5) is 10.4. The average molecular weight is 186 g/mol. The second-order valence-corrected chi connectivity index (χ2v) is 2.31. The van der Waals surface area contributed by atoms with E-state index in [1.165, 1.54) is 12.1 Å². The molecule has 1 aromatic heterocycles. The van der Waals surface area contributed by atoms with E-state index in [-0.39, 0.29) is 11.5 Å². The maximum atomic E-state index is 10.4. The van der Waals surface area contributed by atoms with Crippen LogP contribution in [0, 0.1) is 0 Å². The average Bonchev–Trinajstić information content (AvgIpc) is 2.52. The SMILES string of the molecule is CCOC(O)c1ccc(C(=O)O)o1. The van der Waals surface area contributed by atoms with Gasteiger partial charge in [0.25, 0.3) is 0 Å². The number of carboxylic acids is 1. The Morgan fingerprint density at radius 1 is 1.69 bits per heavy atom. The molecule has 0 aliphatic carbocycles. The number of aliphatic hydroxyl groups is 1. The van der Waals surface area contributed by atoms with E-state index in [0.717, 1.165) is 0 Å². The fourth-order valence-electron chi connectivity index (χ4n) is 0.841. The number of rotatable bonds is 4. The molecular formula is C8H10O5. The van der Waals surface area contributed by atoms with Crippen LogP contribution in [0.4, 0.5) is 0 Å². The van der Waals surface area contributed by atoms with Gasteiger partial charge < -0.3 is 19.4 Å². The van der Waals surface area contributed by atoms with Crippen molar-refractivity contribution in [1.82, 2.24) is 0 Å². The molecule has 2 N–H and O–H groups in total. The molecule has 13 heavy (non-hydrogen) atoms. The molecule has 0 saturated heterocycles. The molecule has 0 aliphatic rings. The van der Waals surface area contributed by atoms with Gasteiger partial charge in [0, 0.05) is 6.61 Å². The van der Waals surface area contributed by atoms with E-state index in [4.69, 9.17) is 14.3 Å². The summed E-state index contributed by atoms with van der Waals surface area (Å²) in [6.07, 6.45) is -1.20. The van der Waals surface area contributed by atoms with Crippen LogP contribution >= 0.6 is 0 Å². The van der Waals surface area contributed by atoms with Crippen LogP contribution in [0.2, 0.25) is 0 Å². The first kappa shape index (κ1) is 9.76. The number of hydrogen-bond acceptors (Lipinski definition) is 4. The number of hydrogen-bond donors (Lipinski definition) is 2. The zero-order valence-electron chi connectivity index (χ0n) is 7.06. The topological polar surface area (TPSA) is 79.9 Å². The first-order valence-corrected chi connectivity index (χ1v) is 3.78. The Hall–Kier alpha value is -1.33. The zero-order valence-corrected chi connectivity index (χ0v) is 7.06. The van der Waals surface area contributed by atoms with Gasteiger partial charge in [-0.15, -0.1) is 0 Å². The van der Waals surface area contributed by atoms with E-state index in [0.29, 0.717) is 6.61 Å². The third-order valence-corrected chi connectivity index (χ3v) is 1.41. The first-order chi connectivity index (χ1) is 6.15. The molecule has 0 saturated carbocycles. The van der Waals surface area contributed by atoms with Gasteiger partial charge in [0.1, 0.15) is 0 Å². The lowest BCUT2D eigenvalue weighted by molar-refractivity contribution is -0.110. The number of carboxylic acid groups (broad SMARTS) is 1. The Balaban J connectivity index is 2.73. The number of carbonyl (C=O) groups is 1. The van der Waals surface area contributed by atoms with Crippen molar-refractivity contribution in [1.29, 1.82) is 0 Å². The third-order valence-electron chi connectivity index (χ3n) is 1.41. The molecule has 1 heterocycles. The minimum Gasteiger partial charge on any atom is -0.475 e. The summed E-state index contributed by atoms with van der Waals surface area (Å²) < 4.78 is 9.57. The van der Waals surface area contributed by atoms with Crippen LogP contribution in [-0.2, 0) is 4.74 Å². The predicted octanol–water partition coefficient (Wildman–Crippen LogP) is 1.01. The van der Waals surface area contributed by atoms with Crippen molar-refractivity contribution in [2.75, 3.05) is 6.61 Å². The Labute approximate surface area is 74.5 Å². The van der Waals surface area contributed by atoms with Gasteiger partial charge in [0.05, 0.1) is 0 Å². The van der Waals surface area contributed by atoms with Crippen molar-refractivity contribution in [2.45, 2.75) is 13.2 Å². The van der Waals surface area contributed by atoms with Crippen LogP contribution in [0.25, 0.3) is 0 Å². The highest BCUT2D eigenvalue weighted by Crippen LogP contribution is 2.17. The number of ether oxygens (including phenoxy) is 1. The summed E-state index contributed by atoms with van der Waals surface area (Å²) in [5, 5.41) is 17.7. The van der Waals surface area contributed by atoms with Crippen molar-refractivity contribution in [3.63, 3.8) is 0 Å². The highest BCUT2D eigenvalue weighted by atomic mass is 16.6. The van der Waals surface area contributed by atoms with Crippen LogP contribution in [0.1, 0.15) is 29.5 Å². The summed E-state index contributed by atoms with van der Waals surface area (Å²) >= 11 is 0. The van der Waals surface area contributed by atoms with Crippen molar-refractivity contribution in [3.05, 3.63) is 23.7 Å². The molecule has 0 spiro atoms. The molecule has 72 valence electrons. The van der Waals surface area contributed by atoms with Gasteiger partial charge in [-0.3, -0.25) is 0 Å². The molecule has 5 heteroatoms. The molecule has 5 nitrogen and oxygen atoms in total. The van der Waals surface area contributed by atoms with Crippen molar-refractivity contribution >= 4 is 5.97 Å². The number of furan rings is 1. The van der Waals surface area contributed by atoms with Crippen molar-refractivity contribution < 1.29 is 24.2 Å². The van der Waals surface area contributed by atoms with Gasteiger partial charge in [-0.25, -0.2) is 4.79 Å². The zero-order chi connectivity index (χ0) is 9.84. The Bertz CT molecular complexity index is 290. The molecule has 0 fully saturated rings. The summed E-state index contributed by atoms with van der Waals surface area (Å²) in [6.45, 7) is 2.04. The van der Waals surface area contributed by atoms with Crippen LogP contribution in [0.3, 0.4) is 0 Å². The third kappa shape index (κ3) is 2.30. The molecule has 0 amide bonds. The highest BCUT2D eigenvalue weighted by molar-refractivity contribution is 5.84. The summed E-state index contributed by atoms with van der Waals surface area (Å²) in [7, 11) is 0. The van der Waals surface area contributed by atoms with Gasteiger partial charge in [-0.2, -0.15) is 0 Å². The maximum Gasteiger partial charge on any atom is 0.371 e. The minimum atomic E-state index is -1.20. The quantitative estimate of drug-likeness (QED) is 0.686. The number of aromatic carboxylic acids is 1. The molecular weight excluding hydrogens is 176 g/mol. The number of aliphatic hydroxyl groups excluding tert-OH is 1. The first-order valence-electron chi connectivity index (χ1n) is 3.78. The lowest BCUT2D eigenvalue weighted by atomic mass is 10.4. The van der Waals surface area contributed by atoms with Crippen LogP contribution in [0.15, 0.2) is 16.5 Å². The van der Waals surface area contributed by atoms with Crippen LogP contribution < -0.4 is 0 Å². The largest absolute Gasteiger partial charge is 0.475 e. The van der Waals surface area contributed by atoms with Gasteiger partial charge in [-0.05, 0) is 19.1 Å². The lowest BCUT2D eigenvalue weighted by Gasteiger charge is -2.05. The van der Waals surface area contributed by atoms with E-state index in [1.807, 2.05) is 0 Å². The van der Waals surface area contributed by atoms with E-state index in [9.17, 15) is 9.90 Å². The summed E-state index contributed by atoms with van der Waals surface area (Å²) in [5.74, 6) is -1.29. The van der Waals surface area contributed by atoms with Crippen molar-refractivity contribution in [3.8, 4) is 0 Å². The van der Waals surface area contributed by atoms with E-state index in [2.05, 4.69) is 0 Å². The molecule has 1 aromatic rings. The second-order valence-electron chi connectivity index (χ2n) is 2.31. The maximum absolute atomic E-state index is 10.4. The minimum absolute atomic E-state index is 0.0965. The molecule has 1 atom stereocenters. The molecule has 0 aliphatic heterocycles. The van der Waals surface area contributed by atoms with Gasteiger partial charge in [-0.1, -0.05) is 0 Å². The van der Waals surface area contributed by atoms with E-state index >= 15 is 0 Å². The fourth-order valence-corrected chi connectivity index (χ4v) is 0.841. The van der Waals surface area contributed by atoms with E-state index in [1.54, 1.807) is 6.92 Å². The Morgan fingerprint density at radius 3 is 2.85 bits per heavy atom. The smallest absolute Gasteiger partial charge is 0.371 e. The van der Waals surface area contributed by atoms with Crippen LogP contribution in [-0.4, -0.2) is 22.8 Å². The molecule has 0 radical (unpaired) electrons. The highest BCUT2D eigenvalue weighted by Gasteiger charge is 2.14. The lowest BCUT2D eigenvalue weighted by Crippen LogP contribution is -2.01. The van der Waals surface area contributed by atoms with Crippen LogP contribution in [0.5, 0.6) is 0 Å². The van der Waals surface area contributed by atoms with E-state index < -0.39 is 12.3 Å². The molecule has 1 unspecified atom stereocenters. The normalized spacial score (nSPS) is 12.8. The molecule has 1 rings (SSSR count). The van der Waals surface area contributed by atoms with Gasteiger partial charge in [0.15, 0.2) is 5.76 Å². The summed E-state index contributed by atoms with van der Waals surface area (Å²) in [5.41, 5.74) is 0. The van der Waals surface area contributed by atoms with Gasteiger partial charge in [0.2, 0.25) is 12.1 Å². The van der Waals surface area contributed by atoms with Crippen molar-refractivity contribution in [2.24, 2.45) is 0 Å².